The summed E-state index contributed by atoms with van der Waals surface area (Å²) in [5.41, 5.74) is 2.18. The van der Waals surface area contributed by atoms with Gasteiger partial charge in [-0.05, 0) is 37.3 Å². The van der Waals surface area contributed by atoms with Crippen molar-refractivity contribution >= 4 is 40.2 Å². The number of nitrogens with one attached hydrogen (secondary N) is 2. The summed E-state index contributed by atoms with van der Waals surface area (Å²) in [6.07, 6.45) is 11.1. The lowest BCUT2D eigenvalue weighted by atomic mass is 10.2. The van der Waals surface area contributed by atoms with E-state index in [-0.39, 0.29) is 0 Å². The zero-order chi connectivity index (χ0) is 19.6. The lowest BCUT2D eigenvalue weighted by Gasteiger charge is -2.29. The molecule has 0 spiro atoms. The average molecular weight is 410 g/mol. The Morgan fingerprint density at radius 2 is 1.93 bits per heavy atom. The molecule has 0 amide bonds. The van der Waals surface area contributed by atoms with Crippen molar-refractivity contribution in [2.45, 2.75) is 36.8 Å². The molecule has 1 saturated carbocycles. The maximum atomic E-state index is 4.86. The highest BCUT2D eigenvalue weighted by Gasteiger charge is 2.22. The summed E-state index contributed by atoms with van der Waals surface area (Å²) in [5, 5.41) is 9.05. The molecule has 0 bridgehead atoms. The smallest absolute Gasteiger partial charge is 0.230 e. The van der Waals surface area contributed by atoms with Gasteiger partial charge in [-0.1, -0.05) is 12.8 Å². The van der Waals surface area contributed by atoms with Crippen molar-refractivity contribution in [2.75, 3.05) is 42.7 Å². The van der Waals surface area contributed by atoms with Gasteiger partial charge in [-0.15, -0.1) is 11.8 Å². The Kier molecular flexibility index (Phi) is 5.28. The Morgan fingerprint density at radius 1 is 1.10 bits per heavy atom. The molecular formula is C21H27N7S. The summed E-state index contributed by atoms with van der Waals surface area (Å²) < 4.78 is 2.42. The standard InChI is InChI=1S/C21H27N7S/c1-29-19-12-15-13-24-21(26-20(15)28(19)16-4-2-3-5-16)25-18-7-6-17(14-23-18)27-10-8-22-9-11-27/h6-7,12-14,16,22H,2-5,8-11H2,1H3,(H,23,24,25,26). The van der Waals surface area contributed by atoms with Crippen molar-refractivity contribution in [3.05, 3.63) is 30.6 Å². The quantitative estimate of drug-likeness (QED) is 0.621. The summed E-state index contributed by atoms with van der Waals surface area (Å²) in [6.45, 7) is 4.08. The first-order chi connectivity index (χ1) is 14.3. The van der Waals surface area contributed by atoms with Crippen LogP contribution in [-0.2, 0) is 0 Å². The summed E-state index contributed by atoms with van der Waals surface area (Å²) in [5.74, 6) is 1.37. The normalized spacial score (nSPS) is 17.9. The predicted octanol–water partition coefficient (Wildman–Crippen LogP) is 3.82. The van der Waals surface area contributed by atoms with Crippen LogP contribution in [0.1, 0.15) is 31.7 Å². The summed E-state index contributed by atoms with van der Waals surface area (Å²) in [7, 11) is 0. The minimum atomic E-state index is 0.550. The molecular weight excluding hydrogens is 382 g/mol. The molecule has 2 N–H and O–H groups in total. The zero-order valence-corrected chi connectivity index (χ0v) is 17.6. The van der Waals surface area contributed by atoms with Crippen LogP contribution >= 0.6 is 11.8 Å². The Hall–Kier alpha value is -2.32. The summed E-state index contributed by atoms with van der Waals surface area (Å²) >= 11 is 1.79. The van der Waals surface area contributed by atoms with Crippen molar-refractivity contribution in [2.24, 2.45) is 0 Å². The number of pyridine rings is 1. The molecule has 0 unspecified atom stereocenters. The number of anilines is 3. The van der Waals surface area contributed by atoms with Crippen LogP contribution in [0.25, 0.3) is 11.0 Å². The van der Waals surface area contributed by atoms with Crippen LogP contribution in [0.4, 0.5) is 17.5 Å². The molecule has 29 heavy (non-hydrogen) atoms. The van der Waals surface area contributed by atoms with Gasteiger partial charge in [0.1, 0.15) is 11.5 Å². The van der Waals surface area contributed by atoms with Gasteiger partial charge in [0.15, 0.2) is 0 Å². The predicted molar refractivity (Wildman–Crippen MR) is 119 cm³/mol. The fourth-order valence-corrected chi connectivity index (χ4v) is 5.08. The second-order valence-corrected chi connectivity index (χ2v) is 8.56. The fraction of sp³-hybridized carbons (Fsp3) is 0.476. The fourth-order valence-electron chi connectivity index (χ4n) is 4.40. The largest absolute Gasteiger partial charge is 0.368 e. The van der Waals surface area contributed by atoms with Gasteiger partial charge < -0.3 is 20.1 Å². The first kappa shape index (κ1) is 18.7. The molecule has 3 aromatic heterocycles. The van der Waals surface area contributed by atoms with Crippen LogP contribution in [0.3, 0.4) is 0 Å². The first-order valence-corrected chi connectivity index (χ1v) is 11.6. The monoisotopic (exact) mass is 409 g/mol. The summed E-state index contributed by atoms with van der Waals surface area (Å²) in [4.78, 5) is 16.3. The van der Waals surface area contributed by atoms with E-state index in [9.17, 15) is 0 Å². The molecule has 3 aromatic rings. The second kappa shape index (κ2) is 8.20. The van der Waals surface area contributed by atoms with E-state index in [4.69, 9.17) is 4.98 Å². The van der Waals surface area contributed by atoms with Crippen LogP contribution in [-0.4, -0.2) is 52.0 Å². The molecule has 7 nitrogen and oxygen atoms in total. The van der Waals surface area contributed by atoms with E-state index in [0.717, 1.165) is 48.7 Å². The van der Waals surface area contributed by atoms with Crippen LogP contribution in [0.5, 0.6) is 0 Å². The molecule has 0 radical (unpaired) electrons. The Morgan fingerprint density at radius 3 is 2.66 bits per heavy atom. The molecule has 1 aliphatic carbocycles. The first-order valence-electron chi connectivity index (χ1n) is 10.4. The van der Waals surface area contributed by atoms with Crippen molar-refractivity contribution in [3.63, 3.8) is 0 Å². The van der Waals surface area contributed by atoms with Crippen molar-refractivity contribution in [3.8, 4) is 0 Å². The molecule has 8 heteroatoms. The molecule has 2 fully saturated rings. The Balaban J connectivity index is 1.39. The minimum absolute atomic E-state index is 0.550. The molecule has 2 aliphatic rings. The van der Waals surface area contributed by atoms with Gasteiger partial charge in [0, 0.05) is 43.8 Å². The Labute approximate surface area is 175 Å². The van der Waals surface area contributed by atoms with Gasteiger partial charge in [0.05, 0.1) is 16.9 Å². The second-order valence-electron chi connectivity index (χ2n) is 7.73. The van der Waals surface area contributed by atoms with E-state index in [1.54, 1.807) is 11.8 Å². The van der Waals surface area contributed by atoms with Crippen molar-refractivity contribution in [1.29, 1.82) is 0 Å². The van der Waals surface area contributed by atoms with E-state index >= 15 is 0 Å². The lowest BCUT2D eigenvalue weighted by Crippen LogP contribution is -2.43. The lowest BCUT2D eigenvalue weighted by molar-refractivity contribution is 0.501. The van der Waals surface area contributed by atoms with Crippen LogP contribution in [0, 0.1) is 0 Å². The highest BCUT2D eigenvalue weighted by Crippen LogP contribution is 2.37. The topological polar surface area (TPSA) is 70.9 Å². The van der Waals surface area contributed by atoms with Gasteiger partial charge in [-0.2, -0.15) is 4.98 Å². The molecule has 0 aromatic carbocycles. The maximum Gasteiger partial charge on any atom is 0.230 e. The number of rotatable bonds is 5. The van der Waals surface area contributed by atoms with E-state index in [1.807, 2.05) is 18.5 Å². The molecule has 1 saturated heterocycles. The third-order valence-electron chi connectivity index (χ3n) is 5.91. The number of hydrogen-bond donors (Lipinski definition) is 2. The van der Waals surface area contributed by atoms with Gasteiger partial charge in [-0.3, -0.25) is 0 Å². The minimum Gasteiger partial charge on any atom is -0.368 e. The highest BCUT2D eigenvalue weighted by atomic mass is 32.2. The van der Waals surface area contributed by atoms with E-state index < -0.39 is 0 Å². The molecule has 152 valence electrons. The van der Waals surface area contributed by atoms with Gasteiger partial charge >= 0.3 is 0 Å². The third-order valence-corrected chi connectivity index (χ3v) is 6.64. The van der Waals surface area contributed by atoms with E-state index in [0.29, 0.717) is 12.0 Å². The summed E-state index contributed by atoms with van der Waals surface area (Å²) in [6, 6.07) is 6.89. The average Bonchev–Trinajstić information content (AvgIpc) is 3.42. The number of piperazine rings is 1. The number of aromatic nitrogens is 4. The van der Waals surface area contributed by atoms with Gasteiger partial charge in [-0.25, -0.2) is 9.97 Å². The number of nitrogens with zero attached hydrogens (tertiary/aromatic N) is 5. The van der Waals surface area contributed by atoms with Crippen LogP contribution in [0.15, 0.2) is 35.6 Å². The van der Waals surface area contributed by atoms with Crippen molar-refractivity contribution < 1.29 is 0 Å². The third kappa shape index (κ3) is 3.79. The van der Waals surface area contributed by atoms with Crippen LogP contribution in [0.2, 0.25) is 0 Å². The van der Waals surface area contributed by atoms with Gasteiger partial charge in [0.2, 0.25) is 5.95 Å². The van der Waals surface area contributed by atoms with E-state index in [2.05, 4.69) is 48.5 Å². The number of fused-ring (bicyclic) bond motifs is 1. The van der Waals surface area contributed by atoms with Crippen LogP contribution < -0.4 is 15.5 Å². The highest BCUT2D eigenvalue weighted by molar-refractivity contribution is 7.98. The van der Waals surface area contributed by atoms with Gasteiger partial charge in [0.25, 0.3) is 0 Å². The number of thioether (sulfide) groups is 1. The maximum absolute atomic E-state index is 4.86. The van der Waals surface area contributed by atoms with Crippen molar-refractivity contribution in [1.82, 2.24) is 24.8 Å². The van der Waals surface area contributed by atoms with E-state index in [1.165, 1.54) is 30.7 Å². The zero-order valence-electron chi connectivity index (χ0n) is 16.8. The Bertz CT molecular complexity index is 973. The number of hydrogen-bond acceptors (Lipinski definition) is 7. The molecule has 1 aliphatic heterocycles. The molecule has 0 atom stereocenters. The molecule has 5 rings (SSSR count). The SMILES string of the molecule is CSc1cc2cnc(Nc3ccc(N4CCNCC4)cn3)nc2n1C1CCCC1. The molecule has 4 heterocycles.